The monoisotopic (exact) mass is 282 g/mol. The zero-order valence-corrected chi connectivity index (χ0v) is 12.5. The molecule has 5 heteroatoms. The molecule has 2 saturated heterocycles. The number of carboxylic acids is 1. The Kier molecular flexibility index (Phi) is 5.02. The predicted octanol–water partition coefficient (Wildman–Crippen LogP) is 1.43. The van der Waals surface area contributed by atoms with Crippen molar-refractivity contribution in [3.8, 4) is 0 Å². The Balaban J connectivity index is 1.82. The number of nitrogens with zero attached hydrogens (tertiary/aromatic N) is 2. The van der Waals surface area contributed by atoms with Crippen molar-refractivity contribution in [3.05, 3.63) is 0 Å². The molecule has 2 atom stereocenters. The summed E-state index contributed by atoms with van der Waals surface area (Å²) in [5.41, 5.74) is 0. The third-order valence-corrected chi connectivity index (χ3v) is 4.78. The van der Waals surface area contributed by atoms with Crippen LogP contribution in [0.1, 0.15) is 39.5 Å². The van der Waals surface area contributed by atoms with Crippen LogP contribution in [0, 0.1) is 11.8 Å². The van der Waals surface area contributed by atoms with E-state index in [4.69, 9.17) is 5.11 Å². The second kappa shape index (κ2) is 6.57. The van der Waals surface area contributed by atoms with E-state index in [0.29, 0.717) is 44.4 Å². The Labute approximate surface area is 120 Å². The lowest BCUT2D eigenvalue weighted by Gasteiger charge is -2.38. The van der Waals surface area contributed by atoms with Crippen molar-refractivity contribution < 1.29 is 14.7 Å². The van der Waals surface area contributed by atoms with Gasteiger partial charge in [0.25, 0.3) is 0 Å². The number of carbonyl (C=O) groups is 2. The number of hydrogen-bond acceptors (Lipinski definition) is 3. The average Bonchev–Trinajstić information content (AvgIpc) is 2.43. The first-order chi connectivity index (χ1) is 9.47. The zero-order chi connectivity index (χ0) is 14.7. The summed E-state index contributed by atoms with van der Waals surface area (Å²) in [7, 11) is 0. The normalized spacial score (nSPS) is 29.4. The standard InChI is InChI=1S/C15H26N2O3/c1-11-3-4-12(2)17(9-11)10-14(18)16-7-5-13(6-8-16)15(19)20/h11-13H,3-10H2,1-2H3,(H,19,20). The van der Waals surface area contributed by atoms with Crippen molar-refractivity contribution >= 4 is 11.9 Å². The minimum absolute atomic E-state index is 0.162. The molecule has 2 aliphatic heterocycles. The van der Waals surface area contributed by atoms with Gasteiger partial charge in [0.05, 0.1) is 12.5 Å². The first kappa shape index (κ1) is 15.3. The lowest BCUT2D eigenvalue weighted by molar-refractivity contribution is -0.146. The minimum Gasteiger partial charge on any atom is -0.481 e. The summed E-state index contributed by atoms with van der Waals surface area (Å²) >= 11 is 0. The number of carboxylic acid groups (broad SMARTS) is 1. The first-order valence-electron chi connectivity index (χ1n) is 7.72. The zero-order valence-electron chi connectivity index (χ0n) is 12.5. The molecule has 0 aliphatic carbocycles. The molecule has 1 amide bonds. The van der Waals surface area contributed by atoms with E-state index in [9.17, 15) is 9.59 Å². The van der Waals surface area contributed by atoms with E-state index in [-0.39, 0.29) is 11.8 Å². The van der Waals surface area contributed by atoms with E-state index < -0.39 is 5.97 Å². The number of rotatable bonds is 3. The second-order valence-corrected chi connectivity index (χ2v) is 6.45. The average molecular weight is 282 g/mol. The van der Waals surface area contributed by atoms with Crippen LogP contribution in [0.15, 0.2) is 0 Å². The number of piperidine rings is 2. The van der Waals surface area contributed by atoms with Gasteiger partial charge in [-0.3, -0.25) is 14.5 Å². The van der Waals surface area contributed by atoms with Crippen LogP contribution in [0.25, 0.3) is 0 Å². The molecular weight excluding hydrogens is 256 g/mol. The minimum atomic E-state index is -0.726. The molecule has 20 heavy (non-hydrogen) atoms. The summed E-state index contributed by atoms with van der Waals surface area (Å²) in [5.74, 6) is -0.171. The van der Waals surface area contributed by atoms with Gasteiger partial charge in [-0.1, -0.05) is 6.92 Å². The lowest BCUT2D eigenvalue weighted by Crippen LogP contribution is -2.49. The van der Waals surface area contributed by atoms with E-state index in [2.05, 4.69) is 18.7 Å². The first-order valence-corrected chi connectivity index (χ1v) is 7.72. The summed E-state index contributed by atoms with van der Waals surface area (Å²) in [6, 6.07) is 0.478. The molecule has 2 aliphatic rings. The highest BCUT2D eigenvalue weighted by molar-refractivity contribution is 5.79. The predicted molar refractivity (Wildman–Crippen MR) is 76.4 cm³/mol. The van der Waals surface area contributed by atoms with Crippen molar-refractivity contribution in [2.24, 2.45) is 11.8 Å². The third kappa shape index (κ3) is 3.72. The van der Waals surface area contributed by atoms with Gasteiger partial charge in [0.15, 0.2) is 0 Å². The molecule has 0 saturated carbocycles. The smallest absolute Gasteiger partial charge is 0.306 e. The maximum absolute atomic E-state index is 12.3. The molecule has 0 aromatic rings. The van der Waals surface area contributed by atoms with Gasteiger partial charge in [-0.05, 0) is 38.5 Å². The number of likely N-dealkylation sites (tertiary alicyclic amines) is 2. The molecule has 0 aromatic carbocycles. The molecular formula is C15H26N2O3. The Morgan fingerprint density at radius 1 is 1.10 bits per heavy atom. The van der Waals surface area contributed by atoms with Crippen LogP contribution in [0.2, 0.25) is 0 Å². The second-order valence-electron chi connectivity index (χ2n) is 6.45. The quantitative estimate of drug-likeness (QED) is 0.850. The van der Waals surface area contributed by atoms with Gasteiger partial charge in [0.2, 0.25) is 5.91 Å². The van der Waals surface area contributed by atoms with Crippen molar-refractivity contribution in [1.82, 2.24) is 9.80 Å². The molecule has 2 rings (SSSR count). The fourth-order valence-electron chi connectivity index (χ4n) is 3.25. The van der Waals surface area contributed by atoms with Gasteiger partial charge < -0.3 is 10.0 Å². The van der Waals surface area contributed by atoms with Crippen molar-refractivity contribution in [2.75, 3.05) is 26.2 Å². The van der Waals surface area contributed by atoms with Crippen molar-refractivity contribution in [1.29, 1.82) is 0 Å². The van der Waals surface area contributed by atoms with Crippen LogP contribution in [-0.4, -0.2) is 59.0 Å². The van der Waals surface area contributed by atoms with E-state index in [1.807, 2.05) is 4.90 Å². The SMILES string of the molecule is CC1CCC(C)N(CC(=O)N2CCC(C(=O)O)CC2)C1. The number of amides is 1. The Hall–Kier alpha value is -1.10. The topological polar surface area (TPSA) is 60.9 Å². The number of hydrogen-bond donors (Lipinski definition) is 1. The largest absolute Gasteiger partial charge is 0.481 e. The lowest BCUT2D eigenvalue weighted by atomic mass is 9.94. The van der Waals surface area contributed by atoms with Crippen LogP contribution in [0.3, 0.4) is 0 Å². The highest BCUT2D eigenvalue weighted by Gasteiger charge is 2.30. The molecule has 0 aromatic heterocycles. The maximum Gasteiger partial charge on any atom is 0.306 e. The summed E-state index contributed by atoms with van der Waals surface area (Å²) in [4.78, 5) is 27.4. The molecule has 2 unspecified atom stereocenters. The molecule has 0 spiro atoms. The van der Waals surface area contributed by atoms with Crippen LogP contribution < -0.4 is 0 Å². The number of carbonyl (C=O) groups excluding carboxylic acids is 1. The van der Waals surface area contributed by atoms with E-state index in [1.165, 1.54) is 6.42 Å². The van der Waals surface area contributed by atoms with Crippen LogP contribution in [0.4, 0.5) is 0 Å². The maximum atomic E-state index is 12.3. The molecule has 2 fully saturated rings. The molecule has 0 bridgehead atoms. The van der Waals surface area contributed by atoms with Gasteiger partial charge in [-0.25, -0.2) is 0 Å². The Morgan fingerprint density at radius 2 is 1.75 bits per heavy atom. The van der Waals surface area contributed by atoms with Gasteiger partial charge >= 0.3 is 5.97 Å². The summed E-state index contributed by atoms with van der Waals surface area (Å²) in [6.45, 7) is 7.10. The molecule has 114 valence electrons. The van der Waals surface area contributed by atoms with E-state index in [0.717, 1.165) is 13.0 Å². The Bertz CT molecular complexity index is 364. The summed E-state index contributed by atoms with van der Waals surface area (Å²) in [6.07, 6.45) is 3.59. The third-order valence-electron chi connectivity index (χ3n) is 4.78. The summed E-state index contributed by atoms with van der Waals surface area (Å²) < 4.78 is 0. The molecule has 5 nitrogen and oxygen atoms in total. The molecule has 1 N–H and O–H groups in total. The van der Waals surface area contributed by atoms with Gasteiger partial charge in [0.1, 0.15) is 0 Å². The van der Waals surface area contributed by atoms with Crippen LogP contribution >= 0.6 is 0 Å². The van der Waals surface area contributed by atoms with Gasteiger partial charge in [0, 0.05) is 25.7 Å². The van der Waals surface area contributed by atoms with Crippen molar-refractivity contribution in [2.45, 2.75) is 45.6 Å². The fraction of sp³-hybridized carbons (Fsp3) is 0.867. The van der Waals surface area contributed by atoms with Gasteiger partial charge in [-0.2, -0.15) is 0 Å². The molecule has 2 heterocycles. The van der Waals surface area contributed by atoms with E-state index >= 15 is 0 Å². The summed E-state index contributed by atoms with van der Waals surface area (Å²) in [5, 5.41) is 8.98. The highest BCUT2D eigenvalue weighted by atomic mass is 16.4. The van der Waals surface area contributed by atoms with Crippen molar-refractivity contribution in [3.63, 3.8) is 0 Å². The van der Waals surface area contributed by atoms with E-state index in [1.54, 1.807) is 0 Å². The fourth-order valence-corrected chi connectivity index (χ4v) is 3.25. The highest BCUT2D eigenvalue weighted by Crippen LogP contribution is 2.22. The van der Waals surface area contributed by atoms with Gasteiger partial charge in [-0.15, -0.1) is 0 Å². The van der Waals surface area contributed by atoms with Crippen LogP contribution in [0.5, 0.6) is 0 Å². The molecule has 0 radical (unpaired) electrons. The Morgan fingerprint density at radius 3 is 2.35 bits per heavy atom. The van der Waals surface area contributed by atoms with Crippen LogP contribution in [-0.2, 0) is 9.59 Å². The number of aliphatic carboxylic acids is 1.